The molecule has 33 heavy (non-hydrogen) atoms. The van der Waals surface area contributed by atoms with Gasteiger partial charge in [-0.15, -0.1) is 0 Å². The highest BCUT2D eigenvalue weighted by Crippen LogP contribution is 2.37. The third-order valence-electron chi connectivity index (χ3n) is 5.55. The van der Waals surface area contributed by atoms with Crippen LogP contribution in [-0.4, -0.2) is 43.8 Å². The van der Waals surface area contributed by atoms with E-state index in [4.69, 9.17) is 16.3 Å². The van der Waals surface area contributed by atoms with Crippen LogP contribution in [0.1, 0.15) is 30.6 Å². The third-order valence-corrected chi connectivity index (χ3v) is 8.83. The second kappa shape index (κ2) is 9.46. The number of halogens is 1. The highest BCUT2D eigenvalue weighted by molar-refractivity contribution is 7.89. The lowest BCUT2D eigenvalue weighted by Crippen LogP contribution is -2.42. The van der Waals surface area contributed by atoms with Crippen molar-refractivity contribution in [2.24, 2.45) is 11.8 Å². The zero-order chi connectivity index (χ0) is 23.8. The van der Waals surface area contributed by atoms with Crippen LogP contribution in [0.4, 0.5) is 5.13 Å². The molecule has 2 aromatic carbocycles. The molecule has 3 aromatic rings. The van der Waals surface area contributed by atoms with E-state index in [-0.39, 0.29) is 4.90 Å². The van der Waals surface area contributed by atoms with Gasteiger partial charge in [0.25, 0.3) is 5.91 Å². The first-order valence-electron chi connectivity index (χ1n) is 10.5. The fourth-order valence-corrected chi connectivity index (χ4v) is 6.87. The molecule has 0 unspecified atom stereocenters. The van der Waals surface area contributed by atoms with Gasteiger partial charge in [-0.3, -0.25) is 15.6 Å². The average Bonchev–Trinajstić information content (AvgIpc) is 3.22. The van der Waals surface area contributed by atoms with E-state index in [2.05, 4.69) is 29.7 Å². The van der Waals surface area contributed by atoms with E-state index < -0.39 is 15.9 Å². The van der Waals surface area contributed by atoms with Crippen molar-refractivity contribution in [2.45, 2.75) is 25.2 Å². The Labute approximate surface area is 201 Å². The van der Waals surface area contributed by atoms with E-state index in [0.717, 1.165) is 11.1 Å². The number of piperidine rings is 1. The molecule has 0 spiro atoms. The zero-order valence-corrected chi connectivity index (χ0v) is 20.9. The van der Waals surface area contributed by atoms with E-state index in [9.17, 15) is 13.2 Å². The van der Waals surface area contributed by atoms with Gasteiger partial charge in [-0.2, -0.15) is 4.31 Å². The number of carbonyl (C=O) groups is 1. The molecule has 2 heterocycles. The number of thiazole rings is 1. The van der Waals surface area contributed by atoms with Crippen molar-refractivity contribution < 1.29 is 17.9 Å². The Morgan fingerprint density at radius 2 is 1.82 bits per heavy atom. The summed E-state index contributed by atoms with van der Waals surface area (Å²) in [7, 11) is -2.05. The maximum atomic E-state index is 13.0. The van der Waals surface area contributed by atoms with E-state index in [1.165, 1.54) is 39.9 Å². The fraction of sp³-hybridized carbons (Fsp3) is 0.364. The number of hydrogen-bond acceptors (Lipinski definition) is 7. The van der Waals surface area contributed by atoms with Gasteiger partial charge in [-0.05, 0) is 54.7 Å². The molecule has 1 fully saturated rings. The van der Waals surface area contributed by atoms with Crippen molar-refractivity contribution in [3.8, 4) is 5.75 Å². The molecule has 1 saturated heterocycles. The van der Waals surface area contributed by atoms with Crippen LogP contribution in [0.5, 0.6) is 5.75 Å². The van der Waals surface area contributed by atoms with Crippen molar-refractivity contribution in [1.29, 1.82) is 0 Å². The molecule has 8 nitrogen and oxygen atoms in total. The number of anilines is 1. The molecule has 1 aliphatic rings. The van der Waals surface area contributed by atoms with Crippen LogP contribution in [0.25, 0.3) is 10.2 Å². The second-order valence-electron chi connectivity index (χ2n) is 8.32. The number of nitrogens with one attached hydrogen (secondary N) is 2. The molecule has 176 valence electrons. The largest absolute Gasteiger partial charge is 0.494 e. The van der Waals surface area contributed by atoms with Crippen molar-refractivity contribution >= 4 is 54.2 Å². The van der Waals surface area contributed by atoms with E-state index in [1.54, 1.807) is 19.2 Å². The maximum Gasteiger partial charge on any atom is 0.269 e. The van der Waals surface area contributed by atoms with Crippen molar-refractivity contribution in [3.63, 3.8) is 0 Å². The SMILES string of the molecule is COc1ccc(Cl)c2sc(NNC(=O)c3ccc(S(=O)(=O)N4C[C@H](C)C[C@@H](C)C4)cc3)nc12. The van der Waals surface area contributed by atoms with Gasteiger partial charge in [0.15, 0.2) is 0 Å². The highest BCUT2D eigenvalue weighted by Gasteiger charge is 2.31. The van der Waals surface area contributed by atoms with Gasteiger partial charge in [0, 0.05) is 18.7 Å². The van der Waals surface area contributed by atoms with Crippen LogP contribution in [0, 0.1) is 11.8 Å². The summed E-state index contributed by atoms with van der Waals surface area (Å²) in [6, 6.07) is 9.39. The minimum atomic E-state index is -3.60. The predicted molar refractivity (Wildman–Crippen MR) is 130 cm³/mol. The summed E-state index contributed by atoms with van der Waals surface area (Å²) in [5, 5.41) is 0.981. The molecule has 0 aliphatic carbocycles. The Morgan fingerprint density at radius 3 is 2.45 bits per heavy atom. The fourth-order valence-electron chi connectivity index (χ4n) is 4.08. The average molecular weight is 509 g/mol. The van der Waals surface area contributed by atoms with Crippen LogP contribution >= 0.6 is 22.9 Å². The van der Waals surface area contributed by atoms with Crippen molar-refractivity contribution in [1.82, 2.24) is 14.7 Å². The lowest BCUT2D eigenvalue weighted by molar-refractivity contribution is 0.0962. The number of rotatable bonds is 6. The van der Waals surface area contributed by atoms with Gasteiger partial charge >= 0.3 is 0 Å². The van der Waals surface area contributed by atoms with E-state index in [1.807, 2.05) is 0 Å². The van der Waals surface area contributed by atoms with E-state index in [0.29, 0.717) is 51.9 Å². The minimum absolute atomic E-state index is 0.182. The minimum Gasteiger partial charge on any atom is -0.494 e. The van der Waals surface area contributed by atoms with Gasteiger partial charge in [0.2, 0.25) is 15.2 Å². The molecule has 0 bridgehead atoms. The van der Waals surface area contributed by atoms with Crippen LogP contribution in [0.2, 0.25) is 5.02 Å². The molecule has 1 aliphatic heterocycles. The topological polar surface area (TPSA) is 101 Å². The van der Waals surface area contributed by atoms with Crippen LogP contribution in [-0.2, 0) is 10.0 Å². The first kappa shape index (κ1) is 23.7. The standard InChI is InChI=1S/C22H25ClN4O4S2/c1-13-10-14(2)12-27(11-13)33(29,30)16-6-4-15(5-7-16)21(28)25-26-22-24-19-18(31-3)9-8-17(23)20(19)32-22/h4-9,13-14H,10-12H2,1-3H3,(H,24,26)(H,25,28)/t13-,14-/m1/s1. The van der Waals surface area contributed by atoms with E-state index >= 15 is 0 Å². The molecular formula is C22H25ClN4O4S2. The molecule has 1 aromatic heterocycles. The summed E-state index contributed by atoms with van der Waals surface area (Å²) in [6.45, 7) is 5.15. The second-order valence-corrected chi connectivity index (χ2v) is 11.7. The smallest absolute Gasteiger partial charge is 0.269 e. The molecular weight excluding hydrogens is 484 g/mol. The number of fused-ring (bicyclic) bond motifs is 1. The molecule has 2 N–H and O–H groups in total. The maximum absolute atomic E-state index is 13.0. The van der Waals surface area contributed by atoms with Gasteiger partial charge < -0.3 is 4.74 Å². The monoisotopic (exact) mass is 508 g/mol. The van der Waals surface area contributed by atoms with Gasteiger partial charge in [-0.1, -0.05) is 36.8 Å². The molecule has 0 saturated carbocycles. The summed E-state index contributed by atoms with van der Waals surface area (Å²) in [6.07, 6.45) is 1.02. The normalized spacial score (nSPS) is 19.4. The van der Waals surface area contributed by atoms with Crippen LogP contribution in [0.15, 0.2) is 41.3 Å². The summed E-state index contributed by atoms with van der Waals surface area (Å²) >= 11 is 7.51. The molecule has 0 radical (unpaired) electrons. The van der Waals surface area contributed by atoms with Gasteiger partial charge in [-0.25, -0.2) is 13.4 Å². The van der Waals surface area contributed by atoms with Gasteiger partial charge in [0.05, 0.1) is 21.7 Å². The molecule has 4 rings (SSSR count). The molecule has 11 heteroatoms. The summed E-state index contributed by atoms with van der Waals surface area (Å²) in [5.74, 6) is 0.796. The number of carbonyl (C=O) groups excluding carboxylic acids is 1. The van der Waals surface area contributed by atoms with Crippen LogP contribution in [0.3, 0.4) is 0 Å². The quantitative estimate of drug-likeness (QED) is 0.479. The number of benzene rings is 2. The summed E-state index contributed by atoms with van der Waals surface area (Å²) in [5.41, 5.74) is 6.28. The number of sulfonamides is 1. The molecule has 1 amide bonds. The Morgan fingerprint density at radius 1 is 1.15 bits per heavy atom. The van der Waals surface area contributed by atoms with Crippen molar-refractivity contribution in [3.05, 3.63) is 47.0 Å². The summed E-state index contributed by atoms with van der Waals surface area (Å²) < 4.78 is 33.6. The lowest BCUT2D eigenvalue weighted by Gasteiger charge is -2.34. The van der Waals surface area contributed by atoms with Gasteiger partial charge in [0.1, 0.15) is 11.3 Å². The highest BCUT2D eigenvalue weighted by atomic mass is 35.5. The van der Waals surface area contributed by atoms with Crippen molar-refractivity contribution in [2.75, 3.05) is 25.6 Å². The van der Waals surface area contributed by atoms with Crippen LogP contribution < -0.4 is 15.6 Å². The number of hydrazine groups is 1. The Kier molecular flexibility index (Phi) is 6.81. The Balaban J connectivity index is 1.45. The number of amides is 1. The number of aromatic nitrogens is 1. The number of methoxy groups -OCH3 is 1. The number of ether oxygens (including phenoxy) is 1. The lowest BCUT2D eigenvalue weighted by atomic mass is 9.94. The summed E-state index contributed by atoms with van der Waals surface area (Å²) in [4.78, 5) is 17.2. The Bertz CT molecular complexity index is 1270. The predicted octanol–water partition coefficient (Wildman–Crippen LogP) is 4.38. The number of hydrogen-bond donors (Lipinski definition) is 2. The third kappa shape index (κ3) is 4.93. The first-order valence-corrected chi connectivity index (χ1v) is 13.1. The number of nitrogens with zero attached hydrogens (tertiary/aromatic N) is 2. The molecule has 2 atom stereocenters. The first-order chi connectivity index (χ1) is 15.7. The Hall–Kier alpha value is -2.40. The zero-order valence-electron chi connectivity index (χ0n) is 18.5.